The molecule has 0 aliphatic heterocycles. The third-order valence-electron chi connectivity index (χ3n) is 4.06. The van der Waals surface area contributed by atoms with Crippen molar-refractivity contribution in [3.63, 3.8) is 0 Å². The zero-order valence-electron chi connectivity index (χ0n) is 12.5. The minimum Gasteiger partial charge on any atom is -0.326 e. The van der Waals surface area contributed by atoms with E-state index in [9.17, 15) is 0 Å². The summed E-state index contributed by atoms with van der Waals surface area (Å²) >= 11 is 0. The lowest BCUT2D eigenvalue weighted by Gasteiger charge is -2.25. The highest BCUT2D eigenvalue weighted by Crippen LogP contribution is 2.26. The van der Waals surface area contributed by atoms with Crippen LogP contribution in [0.2, 0.25) is 0 Å². The molecule has 0 spiro atoms. The number of aromatic nitrogens is 2. The Balaban J connectivity index is 2.13. The summed E-state index contributed by atoms with van der Waals surface area (Å²) < 4.78 is 2.06. The number of hydrogen-bond donors (Lipinski definition) is 1. The predicted octanol–water partition coefficient (Wildman–Crippen LogP) is 3.67. The third-order valence-corrected chi connectivity index (χ3v) is 4.06. The molecule has 0 aliphatic carbocycles. The lowest BCUT2D eigenvalue weighted by Crippen LogP contribution is -2.33. The summed E-state index contributed by atoms with van der Waals surface area (Å²) in [4.78, 5) is 0. The van der Waals surface area contributed by atoms with Gasteiger partial charge in [-0.2, -0.15) is 5.10 Å². The predicted molar refractivity (Wildman–Crippen MR) is 87.3 cm³/mol. The lowest BCUT2D eigenvalue weighted by atomic mass is 9.97. The Bertz CT molecular complexity index is 728. The van der Waals surface area contributed by atoms with Crippen LogP contribution >= 0.6 is 0 Å². The Kier molecular flexibility index (Phi) is 3.76. The number of rotatable bonds is 4. The first kappa shape index (κ1) is 13.8. The first-order valence-corrected chi connectivity index (χ1v) is 7.45. The van der Waals surface area contributed by atoms with E-state index >= 15 is 0 Å². The second-order valence-corrected chi connectivity index (χ2v) is 5.58. The van der Waals surface area contributed by atoms with Gasteiger partial charge in [0, 0.05) is 11.4 Å². The molecule has 0 saturated heterocycles. The van der Waals surface area contributed by atoms with E-state index in [1.54, 1.807) is 0 Å². The van der Waals surface area contributed by atoms with Crippen molar-refractivity contribution in [1.82, 2.24) is 9.78 Å². The Morgan fingerprint density at radius 3 is 2.52 bits per heavy atom. The average molecular weight is 279 g/mol. The van der Waals surface area contributed by atoms with Crippen LogP contribution in [0.4, 0.5) is 0 Å². The van der Waals surface area contributed by atoms with E-state index in [4.69, 9.17) is 5.73 Å². The Hall–Kier alpha value is -2.13. The number of nitrogens with two attached hydrogens (primary N) is 1. The molecule has 3 heteroatoms. The van der Waals surface area contributed by atoms with Gasteiger partial charge in [-0.05, 0) is 25.0 Å². The lowest BCUT2D eigenvalue weighted by molar-refractivity contribution is 0.434. The van der Waals surface area contributed by atoms with E-state index in [-0.39, 0.29) is 12.1 Å². The van der Waals surface area contributed by atoms with E-state index in [1.165, 1.54) is 11.1 Å². The summed E-state index contributed by atoms with van der Waals surface area (Å²) in [7, 11) is 0. The molecule has 1 aromatic heterocycles. The van der Waals surface area contributed by atoms with Crippen molar-refractivity contribution in [1.29, 1.82) is 0 Å². The van der Waals surface area contributed by atoms with Crippen LogP contribution in [-0.2, 0) is 0 Å². The van der Waals surface area contributed by atoms with Crippen LogP contribution in [0.1, 0.15) is 30.5 Å². The van der Waals surface area contributed by atoms with Crippen molar-refractivity contribution >= 4 is 10.9 Å². The summed E-state index contributed by atoms with van der Waals surface area (Å²) in [6, 6.07) is 17.0. The van der Waals surface area contributed by atoms with Gasteiger partial charge in [-0.25, -0.2) is 0 Å². The Morgan fingerprint density at radius 1 is 1.10 bits per heavy atom. The summed E-state index contributed by atoms with van der Waals surface area (Å²) in [5.74, 6) is 0. The molecule has 2 unspecified atom stereocenters. The van der Waals surface area contributed by atoms with Crippen LogP contribution in [0, 0.1) is 6.92 Å². The maximum absolute atomic E-state index is 6.41. The molecule has 2 N–H and O–H groups in total. The molecule has 0 fully saturated rings. The Morgan fingerprint density at radius 2 is 1.81 bits per heavy atom. The molecule has 0 radical (unpaired) electrons. The topological polar surface area (TPSA) is 43.8 Å². The van der Waals surface area contributed by atoms with E-state index in [0.29, 0.717) is 0 Å². The number of para-hydroxylation sites is 1. The van der Waals surface area contributed by atoms with Crippen molar-refractivity contribution < 1.29 is 0 Å². The largest absolute Gasteiger partial charge is 0.326 e. The molecule has 0 aliphatic rings. The molecule has 2 aromatic carbocycles. The molecule has 108 valence electrons. The summed E-state index contributed by atoms with van der Waals surface area (Å²) in [5.41, 5.74) is 10.0. The zero-order valence-corrected chi connectivity index (χ0v) is 12.5. The van der Waals surface area contributed by atoms with Gasteiger partial charge in [0.1, 0.15) is 0 Å². The molecule has 3 rings (SSSR count). The summed E-state index contributed by atoms with van der Waals surface area (Å²) in [5, 5.41) is 5.75. The minimum absolute atomic E-state index is 0.0380. The number of hydrogen-bond acceptors (Lipinski definition) is 2. The fourth-order valence-electron chi connectivity index (χ4n) is 2.77. The van der Waals surface area contributed by atoms with Gasteiger partial charge in [0.05, 0.1) is 17.8 Å². The zero-order chi connectivity index (χ0) is 14.8. The average Bonchev–Trinajstić information content (AvgIpc) is 2.93. The van der Waals surface area contributed by atoms with Gasteiger partial charge < -0.3 is 5.73 Å². The molecule has 1 heterocycles. The molecular weight excluding hydrogens is 258 g/mol. The summed E-state index contributed by atoms with van der Waals surface area (Å²) in [6.45, 7) is 4.22. The molecule has 0 saturated carbocycles. The number of benzene rings is 2. The van der Waals surface area contributed by atoms with E-state index < -0.39 is 0 Å². The molecule has 3 aromatic rings. The van der Waals surface area contributed by atoms with Crippen LogP contribution in [0.5, 0.6) is 0 Å². The van der Waals surface area contributed by atoms with Gasteiger partial charge >= 0.3 is 0 Å². The van der Waals surface area contributed by atoms with E-state index in [1.807, 2.05) is 18.3 Å². The van der Waals surface area contributed by atoms with Gasteiger partial charge in [0.15, 0.2) is 0 Å². The van der Waals surface area contributed by atoms with Crippen LogP contribution in [-0.4, -0.2) is 15.8 Å². The standard InChI is InChI=1S/C18H21N3/c1-3-16(19)18(14-10-8-13(2)9-11-14)21-17-7-5-4-6-15(17)12-20-21/h4-12,16,18H,3,19H2,1-2H3. The first-order valence-electron chi connectivity index (χ1n) is 7.45. The number of aryl methyl sites for hydroxylation is 1. The normalized spacial score (nSPS) is 14.2. The Labute approximate surface area is 125 Å². The monoisotopic (exact) mass is 279 g/mol. The SMILES string of the molecule is CCC(N)C(c1ccc(C)cc1)n1ncc2ccccc21. The molecule has 3 nitrogen and oxygen atoms in total. The highest BCUT2D eigenvalue weighted by molar-refractivity contribution is 5.78. The number of fused-ring (bicyclic) bond motifs is 1. The van der Waals surface area contributed by atoms with Crippen molar-refractivity contribution in [3.8, 4) is 0 Å². The van der Waals surface area contributed by atoms with Gasteiger partial charge in [0.25, 0.3) is 0 Å². The number of nitrogens with zero attached hydrogens (tertiary/aromatic N) is 2. The maximum atomic E-state index is 6.41. The highest BCUT2D eigenvalue weighted by atomic mass is 15.3. The van der Waals surface area contributed by atoms with Crippen molar-refractivity contribution in [2.45, 2.75) is 32.4 Å². The molecular formula is C18H21N3. The van der Waals surface area contributed by atoms with Gasteiger partial charge in [0.2, 0.25) is 0 Å². The fourth-order valence-corrected chi connectivity index (χ4v) is 2.77. The highest BCUT2D eigenvalue weighted by Gasteiger charge is 2.22. The van der Waals surface area contributed by atoms with Crippen LogP contribution in [0.15, 0.2) is 54.7 Å². The van der Waals surface area contributed by atoms with Crippen LogP contribution in [0.25, 0.3) is 10.9 Å². The van der Waals surface area contributed by atoms with Crippen molar-refractivity contribution in [2.24, 2.45) is 5.73 Å². The van der Waals surface area contributed by atoms with E-state index in [0.717, 1.165) is 17.3 Å². The van der Waals surface area contributed by atoms with Gasteiger partial charge in [-0.15, -0.1) is 0 Å². The van der Waals surface area contributed by atoms with Crippen molar-refractivity contribution in [2.75, 3.05) is 0 Å². The molecule has 0 amide bonds. The third kappa shape index (κ3) is 2.57. The second-order valence-electron chi connectivity index (χ2n) is 5.58. The van der Waals surface area contributed by atoms with Gasteiger partial charge in [-0.3, -0.25) is 4.68 Å². The minimum atomic E-state index is 0.0380. The molecule has 0 bridgehead atoms. The van der Waals surface area contributed by atoms with Crippen molar-refractivity contribution in [3.05, 3.63) is 65.9 Å². The molecule has 2 atom stereocenters. The smallest absolute Gasteiger partial charge is 0.0926 e. The fraction of sp³-hybridized carbons (Fsp3) is 0.278. The second kappa shape index (κ2) is 5.70. The maximum Gasteiger partial charge on any atom is 0.0926 e. The van der Waals surface area contributed by atoms with Crippen LogP contribution < -0.4 is 5.73 Å². The first-order chi connectivity index (χ1) is 10.2. The van der Waals surface area contributed by atoms with Gasteiger partial charge in [-0.1, -0.05) is 55.0 Å². The van der Waals surface area contributed by atoms with E-state index in [2.05, 4.69) is 60.0 Å². The molecule has 21 heavy (non-hydrogen) atoms. The van der Waals surface area contributed by atoms with Crippen LogP contribution in [0.3, 0.4) is 0 Å². The quantitative estimate of drug-likeness (QED) is 0.792. The summed E-state index contributed by atoms with van der Waals surface area (Å²) in [6.07, 6.45) is 2.83.